The highest BCUT2D eigenvalue weighted by atomic mass is 16.3. The van der Waals surface area contributed by atoms with Crippen LogP contribution in [0.25, 0.3) is 0 Å². The predicted molar refractivity (Wildman–Crippen MR) is 95.1 cm³/mol. The molecule has 2 fully saturated rings. The number of amides is 1. The number of aliphatic hydroxyl groups excluding tert-OH is 1. The maximum absolute atomic E-state index is 12.5. The summed E-state index contributed by atoms with van der Waals surface area (Å²) in [6, 6.07) is 0.351. The zero-order chi connectivity index (χ0) is 17.3. The van der Waals surface area contributed by atoms with Crippen LogP contribution < -0.4 is 5.32 Å². The minimum atomic E-state index is -0.188. The number of nitrogens with one attached hydrogen (secondary N) is 1. The van der Waals surface area contributed by atoms with E-state index in [0.29, 0.717) is 22.8 Å². The van der Waals surface area contributed by atoms with Crippen LogP contribution in [0.4, 0.5) is 0 Å². The van der Waals surface area contributed by atoms with Gasteiger partial charge in [-0.1, -0.05) is 34.6 Å². The van der Waals surface area contributed by atoms with Crippen molar-refractivity contribution in [2.24, 2.45) is 22.7 Å². The molecule has 3 heteroatoms. The molecule has 2 saturated carbocycles. The summed E-state index contributed by atoms with van der Waals surface area (Å²) in [7, 11) is 0. The zero-order valence-electron chi connectivity index (χ0n) is 15.8. The second-order valence-electron chi connectivity index (χ2n) is 9.35. The van der Waals surface area contributed by atoms with Crippen molar-refractivity contribution in [2.75, 3.05) is 0 Å². The zero-order valence-corrected chi connectivity index (χ0v) is 15.8. The van der Waals surface area contributed by atoms with Crippen molar-refractivity contribution in [3.8, 4) is 0 Å². The van der Waals surface area contributed by atoms with Gasteiger partial charge in [-0.3, -0.25) is 4.79 Å². The number of rotatable bonds is 3. The van der Waals surface area contributed by atoms with Crippen LogP contribution >= 0.6 is 0 Å². The van der Waals surface area contributed by atoms with Gasteiger partial charge in [0, 0.05) is 12.0 Å². The second-order valence-corrected chi connectivity index (χ2v) is 9.35. The van der Waals surface area contributed by atoms with E-state index < -0.39 is 0 Å². The third-order valence-electron chi connectivity index (χ3n) is 6.89. The Bertz CT molecular complexity index is 394. The SMILES string of the molecule is CC(C)C1(C(C)(C)C)CCC(NC(=O)C2CCC(O)CC2)CC1. The Morgan fingerprint density at radius 3 is 2.00 bits per heavy atom. The second kappa shape index (κ2) is 7.13. The van der Waals surface area contributed by atoms with Gasteiger partial charge in [0.15, 0.2) is 0 Å². The maximum Gasteiger partial charge on any atom is 0.223 e. The fourth-order valence-electron chi connectivity index (χ4n) is 5.13. The average molecular weight is 324 g/mol. The fourth-order valence-corrected chi connectivity index (χ4v) is 5.13. The summed E-state index contributed by atoms with van der Waals surface area (Å²) in [4.78, 5) is 12.5. The molecule has 0 aromatic carbocycles. The number of hydrogen-bond donors (Lipinski definition) is 2. The van der Waals surface area contributed by atoms with Gasteiger partial charge in [-0.15, -0.1) is 0 Å². The molecule has 0 radical (unpaired) electrons. The molecular weight excluding hydrogens is 286 g/mol. The van der Waals surface area contributed by atoms with Crippen molar-refractivity contribution in [1.29, 1.82) is 0 Å². The summed E-state index contributed by atoms with van der Waals surface area (Å²) in [5.74, 6) is 1.03. The minimum absolute atomic E-state index is 0.123. The number of aliphatic hydroxyl groups is 1. The topological polar surface area (TPSA) is 49.3 Å². The van der Waals surface area contributed by atoms with Crippen LogP contribution in [0, 0.1) is 22.7 Å². The monoisotopic (exact) mass is 323 g/mol. The molecule has 0 bridgehead atoms. The van der Waals surface area contributed by atoms with Crippen molar-refractivity contribution < 1.29 is 9.90 Å². The van der Waals surface area contributed by atoms with E-state index in [9.17, 15) is 9.90 Å². The molecule has 2 aliphatic carbocycles. The third-order valence-corrected chi connectivity index (χ3v) is 6.89. The maximum atomic E-state index is 12.5. The van der Waals surface area contributed by atoms with Crippen LogP contribution in [0.5, 0.6) is 0 Å². The molecule has 0 aromatic heterocycles. The van der Waals surface area contributed by atoms with Gasteiger partial charge in [-0.05, 0) is 68.1 Å². The van der Waals surface area contributed by atoms with E-state index in [2.05, 4.69) is 39.9 Å². The van der Waals surface area contributed by atoms with Gasteiger partial charge in [0.25, 0.3) is 0 Å². The average Bonchev–Trinajstić information content (AvgIpc) is 2.47. The van der Waals surface area contributed by atoms with E-state index >= 15 is 0 Å². The van der Waals surface area contributed by atoms with Gasteiger partial charge < -0.3 is 10.4 Å². The first-order valence-electron chi connectivity index (χ1n) is 9.64. The largest absolute Gasteiger partial charge is 0.393 e. The first-order chi connectivity index (χ1) is 10.7. The van der Waals surface area contributed by atoms with E-state index in [1.807, 2.05) is 0 Å². The first-order valence-corrected chi connectivity index (χ1v) is 9.64. The lowest BCUT2D eigenvalue weighted by Crippen LogP contribution is -2.49. The molecule has 3 nitrogen and oxygen atoms in total. The van der Waals surface area contributed by atoms with Gasteiger partial charge in [0.05, 0.1) is 6.10 Å². The molecule has 0 heterocycles. The van der Waals surface area contributed by atoms with Crippen LogP contribution in [-0.2, 0) is 4.79 Å². The molecule has 0 unspecified atom stereocenters. The Morgan fingerprint density at radius 1 is 1.04 bits per heavy atom. The van der Waals surface area contributed by atoms with E-state index in [4.69, 9.17) is 0 Å². The van der Waals surface area contributed by atoms with Gasteiger partial charge in [0.2, 0.25) is 5.91 Å². The van der Waals surface area contributed by atoms with Gasteiger partial charge in [-0.25, -0.2) is 0 Å². The standard InChI is InChI=1S/C20H37NO2/c1-14(2)20(19(3,4)5)12-10-16(11-13-20)21-18(23)15-6-8-17(22)9-7-15/h14-17,22H,6-13H2,1-5H3,(H,21,23). The molecule has 134 valence electrons. The number of hydrogen-bond acceptors (Lipinski definition) is 2. The summed E-state index contributed by atoms with van der Waals surface area (Å²) in [5, 5.41) is 12.9. The van der Waals surface area contributed by atoms with E-state index in [1.54, 1.807) is 0 Å². The first kappa shape index (κ1) is 18.8. The van der Waals surface area contributed by atoms with Crippen LogP contribution in [0.3, 0.4) is 0 Å². The molecule has 0 atom stereocenters. The quantitative estimate of drug-likeness (QED) is 0.814. The van der Waals surface area contributed by atoms with Crippen molar-refractivity contribution in [2.45, 2.75) is 98.1 Å². The molecule has 0 saturated heterocycles. The van der Waals surface area contributed by atoms with Crippen LogP contribution in [0.2, 0.25) is 0 Å². The molecule has 2 N–H and O–H groups in total. The van der Waals surface area contributed by atoms with Crippen LogP contribution in [0.15, 0.2) is 0 Å². The Morgan fingerprint density at radius 2 is 1.57 bits per heavy atom. The Balaban J connectivity index is 1.88. The minimum Gasteiger partial charge on any atom is -0.393 e. The Hall–Kier alpha value is -0.570. The summed E-state index contributed by atoms with van der Waals surface area (Å²) in [6.07, 6.45) is 7.70. The van der Waals surface area contributed by atoms with E-state index in [-0.39, 0.29) is 17.9 Å². The van der Waals surface area contributed by atoms with E-state index in [1.165, 1.54) is 12.8 Å². The summed E-state index contributed by atoms with van der Waals surface area (Å²) >= 11 is 0. The van der Waals surface area contributed by atoms with Crippen molar-refractivity contribution >= 4 is 5.91 Å². The highest BCUT2D eigenvalue weighted by molar-refractivity contribution is 5.79. The smallest absolute Gasteiger partial charge is 0.223 e. The van der Waals surface area contributed by atoms with Crippen LogP contribution in [0.1, 0.15) is 86.0 Å². The number of carbonyl (C=O) groups excluding carboxylic acids is 1. The normalized spacial score (nSPS) is 36.0. The molecule has 0 spiro atoms. The summed E-state index contributed by atoms with van der Waals surface area (Å²) in [5.41, 5.74) is 0.707. The van der Waals surface area contributed by atoms with Gasteiger partial charge in [0.1, 0.15) is 0 Å². The van der Waals surface area contributed by atoms with Crippen molar-refractivity contribution in [3.63, 3.8) is 0 Å². The predicted octanol–water partition coefficient (Wildman–Crippen LogP) is 4.28. The van der Waals surface area contributed by atoms with Crippen molar-refractivity contribution in [1.82, 2.24) is 5.32 Å². The highest BCUT2D eigenvalue weighted by Gasteiger charge is 2.46. The summed E-state index contributed by atoms with van der Waals surface area (Å²) < 4.78 is 0. The Labute approximate surface area is 142 Å². The van der Waals surface area contributed by atoms with Crippen LogP contribution in [-0.4, -0.2) is 23.2 Å². The molecular formula is C20H37NO2. The van der Waals surface area contributed by atoms with Crippen molar-refractivity contribution in [3.05, 3.63) is 0 Å². The van der Waals surface area contributed by atoms with Gasteiger partial charge in [-0.2, -0.15) is 0 Å². The number of carbonyl (C=O) groups is 1. The molecule has 2 rings (SSSR count). The lowest BCUT2D eigenvalue weighted by molar-refractivity contribution is -0.128. The highest BCUT2D eigenvalue weighted by Crippen LogP contribution is 2.54. The molecule has 2 aliphatic rings. The molecule has 1 amide bonds. The molecule has 23 heavy (non-hydrogen) atoms. The molecule has 0 aromatic rings. The Kier molecular flexibility index (Phi) is 5.81. The van der Waals surface area contributed by atoms with Gasteiger partial charge >= 0.3 is 0 Å². The summed E-state index contributed by atoms with van der Waals surface area (Å²) in [6.45, 7) is 11.8. The lowest BCUT2D eigenvalue weighted by atomic mass is 9.54. The molecule has 0 aliphatic heterocycles. The fraction of sp³-hybridized carbons (Fsp3) is 0.950. The lowest BCUT2D eigenvalue weighted by Gasteiger charge is -2.52. The van der Waals surface area contributed by atoms with E-state index in [0.717, 1.165) is 38.5 Å². The third kappa shape index (κ3) is 4.10.